The summed E-state index contributed by atoms with van der Waals surface area (Å²) in [5.41, 5.74) is 1.60. The van der Waals surface area contributed by atoms with Crippen molar-refractivity contribution < 1.29 is 18.7 Å². The van der Waals surface area contributed by atoms with Crippen LogP contribution in [-0.4, -0.2) is 69.2 Å². The molecule has 0 N–H and O–H groups in total. The summed E-state index contributed by atoms with van der Waals surface area (Å²) in [6.45, 7) is 3.65. The summed E-state index contributed by atoms with van der Waals surface area (Å²) in [6, 6.07) is 8.04. The van der Waals surface area contributed by atoms with Gasteiger partial charge in [-0.2, -0.15) is 5.10 Å². The van der Waals surface area contributed by atoms with Crippen LogP contribution in [0.25, 0.3) is 16.9 Å². The van der Waals surface area contributed by atoms with E-state index in [4.69, 9.17) is 4.74 Å². The van der Waals surface area contributed by atoms with E-state index in [9.17, 15) is 14.0 Å². The van der Waals surface area contributed by atoms with Gasteiger partial charge in [0.05, 0.1) is 18.5 Å². The Kier molecular flexibility index (Phi) is 5.11. The van der Waals surface area contributed by atoms with Gasteiger partial charge in [0.25, 0.3) is 5.91 Å². The predicted octanol–water partition coefficient (Wildman–Crippen LogP) is 2.45. The van der Waals surface area contributed by atoms with Gasteiger partial charge < -0.3 is 14.5 Å². The van der Waals surface area contributed by atoms with Gasteiger partial charge >= 0.3 is 6.09 Å². The number of rotatable bonds is 3. The molecule has 4 rings (SSSR count). The molecule has 3 heterocycles. The molecule has 2 aromatic heterocycles. The molecule has 0 saturated carbocycles. The van der Waals surface area contributed by atoms with Crippen LogP contribution in [0.15, 0.2) is 42.7 Å². The van der Waals surface area contributed by atoms with E-state index in [0.717, 1.165) is 0 Å². The number of hydrogen-bond acceptors (Lipinski definition) is 5. The topological polar surface area (TPSA) is 80.0 Å². The minimum atomic E-state index is -0.376. The third-order valence-corrected chi connectivity index (χ3v) is 4.87. The summed E-state index contributed by atoms with van der Waals surface area (Å²) in [5.74, 6) is -0.597. The van der Waals surface area contributed by atoms with Gasteiger partial charge in [-0.25, -0.2) is 18.7 Å². The lowest BCUT2D eigenvalue weighted by Gasteiger charge is -2.33. The molecule has 150 valence electrons. The summed E-state index contributed by atoms with van der Waals surface area (Å²) < 4.78 is 20.7. The van der Waals surface area contributed by atoms with E-state index >= 15 is 0 Å². The molecule has 0 unspecified atom stereocenters. The molecule has 0 atom stereocenters. The molecule has 0 radical (unpaired) electrons. The summed E-state index contributed by atoms with van der Waals surface area (Å²) in [4.78, 5) is 32.4. The molecular formula is C20H20FN5O3. The number of aromatic nitrogens is 3. The van der Waals surface area contributed by atoms with E-state index in [0.29, 0.717) is 55.3 Å². The highest BCUT2D eigenvalue weighted by Crippen LogP contribution is 2.24. The first-order valence-electron chi connectivity index (χ1n) is 9.38. The lowest BCUT2D eigenvalue weighted by atomic mass is 10.1. The third-order valence-electron chi connectivity index (χ3n) is 4.87. The lowest BCUT2D eigenvalue weighted by Crippen LogP contribution is -2.50. The van der Waals surface area contributed by atoms with Crippen LogP contribution >= 0.6 is 0 Å². The lowest BCUT2D eigenvalue weighted by molar-refractivity contribution is 0.0571. The zero-order valence-corrected chi connectivity index (χ0v) is 15.9. The van der Waals surface area contributed by atoms with Gasteiger partial charge in [-0.3, -0.25) is 4.79 Å². The Labute approximate surface area is 166 Å². The second-order valence-corrected chi connectivity index (χ2v) is 6.58. The van der Waals surface area contributed by atoms with Gasteiger partial charge in [0, 0.05) is 37.9 Å². The molecule has 0 bridgehead atoms. The highest BCUT2D eigenvalue weighted by Gasteiger charge is 2.28. The van der Waals surface area contributed by atoms with E-state index in [1.807, 2.05) is 0 Å². The molecule has 1 aromatic carbocycles. The second-order valence-electron chi connectivity index (χ2n) is 6.58. The largest absolute Gasteiger partial charge is 0.450 e. The number of piperazine rings is 1. The number of nitrogens with zero attached hydrogens (tertiary/aromatic N) is 5. The average Bonchev–Trinajstić information content (AvgIpc) is 3.18. The van der Waals surface area contributed by atoms with Crippen LogP contribution in [0, 0.1) is 5.82 Å². The minimum absolute atomic E-state index is 0.221. The Morgan fingerprint density at radius 3 is 2.55 bits per heavy atom. The van der Waals surface area contributed by atoms with Crippen molar-refractivity contribution in [3.8, 4) is 11.3 Å². The third kappa shape index (κ3) is 3.51. The van der Waals surface area contributed by atoms with Crippen LogP contribution in [0.3, 0.4) is 0 Å². The Hall–Kier alpha value is -3.49. The number of ether oxygens (including phenoxy) is 1. The van der Waals surface area contributed by atoms with Crippen molar-refractivity contribution in [1.82, 2.24) is 24.4 Å². The Morgan fingerprint density at radius 2 is 1.83 bits per heavy atom. The van der Waals surface area contributed by atoms with Gasteiger partial charge in [-0.05, 0) is 25.1 Å². The molecule has 0 spiro atoms. The van der Waals surface area contributed by atoms with Crippen LogP contribution in [-0.2, 0) is 4.74 Å². The maximum absolute atomic E-state index is 14.2. The molecular weight excluding hydrogens is 377 g/mol. The maximum atomic E-state index is 14.2. The standard InChI is InChI=1S/C20H20FN5O3/c1-2-29-20(28)25-11-9-24(10-12-25)19(27)15-13-23-26-17(7-8-22-18(15)26)14-5-3-4-6-16(14)21/h3-8,13H,2,9-12H2,1H3. The van der Waals surface area contributed by atoms with Crippen molar-refractivity contribution in [3.63, 3.8) is 0 Å². The van der Waals surface area contributed by atoms with Crippen molar-refractivity contribution in [2.75, 3.05) is 32.8 Å². The van der Waals surface area contributed by atoms with Crippen molar-refractivity contribution in [2.45, 2.75) is 6.92 Å². The summed E-state index contributed by atoms with van der Waals surface area (Å²) in [5, 5.41) is 4.28. The average molecular weight is 397 g/mol. The number of carbonyl (C=O) groups is 2. The fourth-order valence-corrected chi connectivity index (χ4v) is 3.39. The van der Waals surface area contributed by atoms with Crippen molar-refractivity contribution in [3.05, 3.63) is 54.1 Å². The highest BCUT2D eigenvalue weighted by molar-refractivity contribution is 6.00. The molecule has 1 fully saturated rings. The molecule has 3 aromatic rings. The monoisotopic (exact) mass is 397 g/mol. The van der Waals surface area contributed by atoms with E-state index < -0.39 is 0 Å². The zero-order chi connectivity index (χ0) is 20.4. The van der Waals surface area contributed by atoms with Crippen LogP contribution in [0.4, 0.5) is 9.18 Å². The van der Waals surface area contributed by atoms with Crippen LogP contribution in [0.1, 0.15) is 17.3 Å². The summed E-state index contributed by atoms with van der Waals surface area (Å²) >= 11 is 0. The van der Waals surface area contributed by atoms with Gasteiger partial charge in [0.1, 0.15) is 11.4 Å². The van der Waals surface area contributed by atoms with Crippen LogP contribution in [0.5, 0.6) is 0 Å². The molecule has 2 amide bonds. The number of amides is 2. The zero-order valence-electron chi connectivity index (χ0n) is 15.9. The van der Waals surface area contributed by atoms with Crippen molar-refractivity contribution in [1.29, 1.82) is 0 Å². The predicted molar refractivity (Wildman–Crippen MR) is 103 cm³/mol. The molecule has 0 aliphatic carbocycles. The Morgan fingerprint density at radius 1 is 1.10 bits per heavy atom. The fraction of sp³-hybridized carbons (Fsp3) is 0.300. The second kappa shape index (κ2) is 7.86. The summed E-state index contributed by atoms with van der Waals surface area (Å²) in [6.07, 6.45) is 2.62. The van der Waals surface area contributed by atoms with E-state index in [1.54, 1.807) is 41.0 Å². The van der Waals surface area contributed by atoms with E-state index in [-0.39, 0.29) is 17.8 Å². The van der Waals surface area contributed by atoms with Crippen molar-refractivity contribution >= 4 is 17.6 Å². The molecule has 9 heteroatoms. The van der Waals surface area contributed by atoms with E-state index in [1.165, 1.54) is 23.0 Å². The normalized spacial score (nSPS) is 14.3. The van der Waals surface area contributed by atoms with Gasteiger partial charge in [0.15, 0.2) is 5.65 Å². The van der Waals surface area contributed by atoms with Crippen LogP contribution < -0.4 is 0 Å². The Bertz CT molecular complexity index is 1060. The van der Waals surface area contributed by atoms with Gasteiger partial charge in [-0.15, -0.1) is 0 Å². The van der Waals surface area contributed by atoms with Gasteiger partial charge in [0.2, 0.25) is 0 Å². The first-order chi connectivity index (χ1) is 14.1. The quantitative estimate of drug-likeness (QED) is 0.678. The van der Waals surface area contributed by atoms with Crippen molar-refractivity contribution in [2.24, 2.45) is 0 Å². The fourth-order valence-electron chi connectivity index (χ4n) is 3.39. The molecule has 29 heavy (non-hydrogen) atoms. The number of benzene rings is 1. The molecule has 1 saturated heterocycles. The SMILES string of the molecule is CCOC(=O)N1CCN(C(=O)c2cnn3c(-c4ccccc4F)ccnc23)CC1. The van der Waals surface area contributed by atoms with Gasteiger partial charge in [-0.1, -0.05) is 12.1 Å². The smallest absolute Gasteiger partial charge is 0.409 e. The molecule has 8 nitrogen and oxygen atoms in total. The van der Waals surface area contributed by atoms with E-state index in [2.05, 4.69) is 10.1 Å². The molecule has 1 aliphatic heterocycles. The first kappa shape index (κ1) is 18.9. The first-order valence-corrected chi connectivity index (χ1v) is 9.38. The Balaban J connectivity index is 1.58. The maximum Gasteiger partial charge on any atom is 0.409 e. The number of halogens is 1. The summed E-state index contributed by atoms with van der Waals surface area (Å²) in [7, 11) is 0. The molecule has 1 aliphatic rings. The number of fused-ring (bicyclic) bond motifs is 1. The highest BCUT2D eigenvalue weighted by atomic mass is 19.1. The number of carbonyl (C=O) groups excluding carboxylic acids is 2. The van der Waals surface area contributed by atoms with Crippen LogP contribution in [0.2, 0.25) is 0 Å². The number of hydrogen-bond donors (Lipinski definition) is 0. The minimum Gasteiger partial charge on any atom is -0.450 e.